The number of imide groups is 1. The summed E-state index contributed by atoms with van der Waals surface area (Å²) in [5, 5.41) is 13.0. The number of anilines is 1. The van der Waals surface area contributed by atoms with E-state index in [2.05, 4.69) is 10.3 Å². The molecule has 41 heavy (non-hydrogen) atoms. The van der Waals surface area contributed by atoms with E-state index in [1.54, 1.807) is 47.6 Å². The van der Waals surface area contributed by atoms with E-state index in [9.17, 15) is 24.3 Å². The van der Waals surface area contributed by atoms with Gasteiger partial charge in [-0.15, -0.1) is 0 Å². The van der Waals surface area contributed by atoms with Gasteiger partial charge in [0.15, 0.2) is 5.11 Å². The number of carboxylic acids is 1. The van der Waals surface area contributed by atoms with Crippen LogP contribution in [0.1, 0.15) is 65.6 Å². The lowest BCUT2D eigenvalue weighted by atomic mass is 9.82. The molecule has 0 spiro atoms. The van der Waals surface area contributed by atoms with Gasteiger partial charge in [-0.1, -0.05) is 30.3 Å². The molecule has 3 amide bonds. The number of carboxylic acid groups (broad SMARTS) is 1. The molecular weight excluding hydrogens is 548 g/mol. The van der Waals surface area contributed by atoms with Crippen LogP contribution in [0.2, 0.25) is 0 Å². The van der Waals surface area contributed by atoms with E-state index in [4.69, 9.17) is 21.7 Å². The number of benzene rings is 1. The molecule has 2 aromatic rings. The van der Waals surface area contributed by atoms with E-state index in [0.29, 0.717) is 10.5 Å². The number of rotatable bonds is 6. The van der Waals surface area contributed by atoms with Crippen molar-refractivity contribution in [3.8, 4) is 0 Å². The number of hydrogen-bond donors (Lipinski definition) is 2. The Morgan fingerprint density at radius 3 is 2.12 bits per heavy atom. The summed E-state index contributed by atoms with van der Waals surface area (Å²) in [7, 11) is 0. The van der Waals surface area contributed by atoms with E-state index in [1.807, 2.05) is 37.3 Å². The first-order valence-electron chi connectivity index (χ1n) is 13.1. The van der Waals surface area contributed by atoms with Crippen molar-refractivity contribution in [2.45, 2.75) is 78.2 Å². The van der Waals surface area contributed by atoms with Crippen LogP contribution < -0.4 is 10.2 Å². The first-order valence-corrected chi connectivity index (χ1v) is 13.5. The van der Waals surface area contributed by atoms with E-state index in [0.717, 1.165) is 10.5 Å². The van der Waals surface area contributed by atoms with Crippen molar-refractivity contribution in [1.82, 2.24) is 15.2 Å². The summed E-state index contributed by atoms with van der Waals surface area (Å²) in [6.45, 7) is 11.8. The zero-order valence-corrected chi connectivity index (χ0v) is 25.0. The maximum Gasteiger partial charge on any atom is 0.425 e. The molecule has 1 aliphatic heterocycles. The third-order valence-electron chi connectivity index (χ3n) is 5.97. The lowest BCUT2D eigenvalue weighted by Crippen LogP contribution is -2.68. The minimum atomic E-state index is -1.20. The molecule has 0 bridgehead atoms. The normalized spacial score (nSPS) is 17.6. The zero-order chi connectivity index (χ0) is 30.7. The van der Waals surface area contributed by atoms with Gasteiger partial charge in [0.2, 0.25) is 5.91 Å². The second kappa shape index (κ2) is 12.2. The summed E-state index contributed by atoms with van der Waals surface area (Å²) in [6, 6.07) is 11.0. The summed E-state index contributed by atoms with van der Waals surface area (Å²) in [5.74, 6) is -2.67. The number of ether oxygens (including phenoxy) is 2. The predicted molar refractivity (Wildman–Crippen MR) is 155 cm³/mol. The maximum atomic E-state index is 13.1. The van der Waals surface area contributed by atoms with Gasteiger partial charge in [-0.05, 0) is 90.4 Å². The minimum Gasteiger partial charge on any atom is -0.480 e. The molecule has 0 saturated carbocycles. The molecule has 0 aliphatic carbocycles. The zero-order valence-electron chi connectivity index (χ0n) is 24.2. The van der Waals surface area contributed by atoms with Crippen LogP contribution >= 0.6 is 12.2 Å². The van der Waals surface area contributed by atoms with Gasteiger partial charge in [0.05, 0.1) is 12.0 Å². The van der Waals surface area contributed by atoms with Gasteiger partial charge in [-0.25, -0.2) is 19.4 Å². The Labute approximate surface area is 244 Å². The molecule has 1 saturated heterocycles. The highest BCUT2D eigenvalue weighted by atomic mass is 32.1. The fourth-order valence-electron chi connectivity index (χ4n) is 4.18. The number of nitrogens with one attached hydrogen (secondary N) is 1. The molecule has 11 nitrogen and oxygen atoms in total. The van der Waals surface area contributed by atoms with Gasteiger partial charge in [0.1, 0.15) is 23.1 Å². The van der Waals surface area contributed by atoms with Gasteiger partial charge in [0, 0.05) is 6.20 Å². The number of thiocarbonyl (C=S) groups is 1. The van der Waals surface area contributed by atoms with Crippen molar-refractivity contribution in [2.24, 2.45) is 5.92 Å². The maximum absolute atomic E-state index is 13.1. The average Bonchev–Trinajstić information content (AvgIpc) is 2.84. The third kappa shape index (κ3) is 8.00. The number of amides is 3. The summed E-state index contributed by atoms with van der Waals surface area (Å²) >= 11 is 5.40. The highest BCUT2D eigenvalue weighted by Crippen LogP contribution is 2.32. The van der Waals surface area contributed by atoms with Crippen LogP contribution in [0.5, 0.6) is 0 Å². The number of aliphatic carboxylic acids is 1. The van der Waals surface area contributed by atoms with Crippen LogP contribution in [0.4, 0.5) is 15.4 Å². The van der Waals surface area contributed by atoms with Crippen molar-refractivity contribution in [3.05, 3.63) is 59.8 Å². The van der Waals surface area contributed by atoms with Crippen molar-refractivity contribution >= 4 is 47.2 Å². The molecule has 0 radical (unpaired) electrons. The minimum absolute atomic E-state index is 0.00908. The number of carbonyl (C=O) groups is 4. The number of carbonyl (C=O) groups excluding carboxylic acids is 3. The molecule has 1 aromatic heterocycles. The molecule has 2 unspecified atom stereocenters. The van der Waals surface area contributed by atoms with Gasteiger partial charge < -0.3 is 19.9 Å². The van der Waals surface area contributed by atoms with Crippen LogP contribution in [0.3, 0.4) is 0 Å². The highest BCUT2D eigenvalue weighted by molar-refractivity contribution is 7.80. The molecular formula is C29H36N4O7S. The summed E-state index contributed by atoms with van der Waals surface area (Å²) in [5.41, 5.74) is -0.408. The Bertz CT molecular complexity index is 1290. The molecule has 2 N–H and O–H groups in total. The molecule has 220 valence electrons. The number of hydrogen-bond acceptors (Lipinski definition) is 8. The summed E-state index contributed by atoms with van der Waals surface area (Å²) < 4.78 is 10.8. The topological polar surface area (TPSA) is 138 Å². The van der Waals surface area contributed by atoms with Gasteiger partial charge in [-0.3, -0.25) is 9.69 Å². The molecule has 12 heteroatoms. The Balaban J connectivity index is 1.82. The number of β-lactam (4-membered cyclic amide) rings is 1. The molecule has 1 aliphatic rings. The summed E-state index contributed by atoms with van der Waals surface area (Å²) in [4.78, 5) is 57.2. The van der Waals surface area contributed by atoms with Crippen molar-refractivity contribution < 1.29 is 33.8 Å². The average molecular weight is 585 g/mol. The van der Waals surface area contributed by atoms with E-state index in [-0.39, 0.29) is 23.4 Å². The SMILES string of the molecule is C[C@@H](NC(=S)N1C(=O)C(Cc2ccnc(N(C(=O)OC(C)(C)C)C(=O)OC(C)(C)C)c2)C1C(=O)O)c1ccccc1. The Morgan fingerprint density at radius 2 is 1.61 bits per heavy atom. The van der Waals surface area contributed by atoms with Crippen molar-refractivity contribution in [3.63, 3.8) is 0 Å². The molecule has 1 aromatic carbocycles. The van der Waals surface area contributed by atoms with E-state index >= 15 is 0 Å². The lowest BCUT2D eigenvalue weighted by molar-refractivity contribution is -0.164. The largest absolute Gasteiger partial charge is 0.480 e. The van der Waals surface area contributed by atoms with Crippen LogP contribution in [-0.4, -0.2) is 61.4 Å². The highest BCUT2D eigenvalue weighted by Gasteiger charge is 2.53. The number of likely N-dealkylation sites (tertiary alicyclic amines) is 1. The number of aromatic nitrogens is 1. The van der Waals surface area contributed by atoms with Gasteiger partial charge in [0.25, 0.3) is 0 Å². The second-order valence-corrected chi connectivity index (χ2v) is 12.1. The fraction of sp³-hybridized carbons (Fsp3) is 0.448. The monoisotopic (exact) mass is 584 g/mol. The lowest BCUT2D eigenvalue weighted by Gasteiger charge is -2.45. The quantitative estimate of drug-likeness (QED) is 0.358. The van der Waals surface area contributed by atoms with Gasteiger partial charge >= 0.3 is 18.2 Å². The van der Waals surface area contributed by atoms with Crippen LogP contribution in [0.15, 0.2) is 48.7 Å². The first kappa shape index (κ1) is 31.5. The number of nitrogens with zero attached hydrogens (tertiary/aromatic N) is 3. The fourth-order valence-corrected chi connectivity index (χ4v) is 4.56. The standard InChI is InChI=1S/C29H36N4O7S/c1-17(19-11-9-8-10-12-19)31-25(41)33-22(24(35)36)20(23(33)34)15-18-13-14-30-21(16-18)32(26(37)39-28(2,3)4)27(38)40-29(5,6)7/h8-14,16-17,20,22H,15H2,1-7H3,(H,31,41)(H,35,36)/t17-,20?,22?/m1/s1. The molecule has 2 heterocycles. The molecule has 1 fully saturated rings. The van der Waals surface area contributed by atoms with Gasteiger partial charge in [-0.2, -0.15) is 4.90 Å². The molecule has 3 atom stereocenters. The van der Waals surface area contributed by atoms with Crippen LogP contribution in [0, 0.1) is 5.92 Å². The summed E-state index contributed by atoms with van der Waals surface area (Å²) in [6.07, 6.45) is -0.615. The van der Waals surface area contributed by atoms with E-state index in [1.165, 1.54) is 12.3 Å². The van der Waals surface area contributed by atoms with Crippen LogP contribution in [0.25, 0.3) is 0 Å². The Morgan fingerprint density at radius 1 is 1.05 bits per heavy atom. The first-order chi connectivity index (χ1) is 19.0. The predicted octanol–water partition coefficient (Wildman–Crippen LogP) is 4.85. The van der Waals surface area contributed by atoms with Crippen molar-refractivity contribution in [1.29, 1.82) is 0 Å². The smallest absolute Gasteiger partial charge is 0.425 e. The number of pyridine rings is 1. The second-order valence-electron chi connectivity index (χ2n) is 11.7. The van der Waals surface area contributed by atoms with Crippen LogP contribution in [-0.2, 0) is 25.5 Å². The third-order valence-corrected chi connectivity index (χ3v) is 6.29. The van der Waals surface area contributed by atoms with Crippen molar-refractivity contribution in [2.75, 3.05) is 4.90 Å². The Hall–Kier alpha value is -4.06. The Kier molecular flexibility index (Phi) is 9.37. The molecule has 3 rings (SSSR count). The van der Waals surface area contributed by atoms with E-state index < -0.39 is 47.2 Å².